The SMILES string of the molecule is Cc1cccc(C)c1COC(CC(=O)O)c1ccccc1. The molecule has 0 radical (unpaired) electrons. The highest BCUT2D eigenvalue weighted by Gasteiger charge is 2.17. The third kappa shape index (κ3) is 4.17. The van der Waals surface area contributed by atoms with E-state index in [4.69, 9.17) is 9.84 Å². The van der Waals surface area contributed by atoms with E-state index in [1.165, 1.54) is 0 Å². The van der Waals surface area contributed by atoms with Gasteiger partial charge in [0, 0.05) is 0 Å². The highest BCUT2D eigenvalue weighted by atomic mass is 16.5. The standard InChI is InChI=1S/C18H20O3/c1-13-7-6-8-14(2)16(13)12-21-17(11-18(19)20)15-9-4-3-5-10-15/h3-10,17H,11-12H2,1-2H3,(H,19,20). The van der Waals surface area contributed by atoms with Crippen LogP contribution in [0, 0.1) is 13.8 Å². The summed E-state index contributed by atoms with van der Waals surface area (Å²) in [5.41, 5.74) is 4.35. The Balaban J connectivity index is 2.15. The molecule has 0 saturated heterocycles. The summed E-state index contributed by atoms with van der Waals surface area (Å²) in [7, 11) is 0. The lowest BCUT2D eigenvalue weighted by atomic mass is 10.0. The summed E-state index contributed by atoms with van der Waals surface area (Å²) in [5.74, 6) is -0.856. The molecule has 0 aromatic heterocycles. The zero-order chi connectivity index (χ0) is 15.2. The van der Waals surface area contributed by atoms with Gasteiger partial charge in [-0.05, 0) is 36.1 Å². The fourth-order valence-corrected chi connectivity index (χ4v) is 2.36. The van der Waals surface area contributed by atoms with E-state index in [-0.39, 0.29) is 6.42 Å². The van der Waals surface area contributed by atoms with Gasteiger partial charge in [-0.2, -0.15) is 0 Å². The van der Waals surface area contributed by atoms with Crippen LogP contribution in [0.15, 0.2) is 48.5 Å². The zero-order valence-electron chi connectivity index (χ0n) is 12.4. The molecule has 1 unspecified atom stereocenters. The molecule has 0 heterocycles. The maximum Gasteiger partial charge on any atom is 0.306 e. The van der Waals surface area contributed by atoms with Crippen molar-refractivity contribution in [1.82, 2.24) is 0 Å². The average molecular weight is 284 g/mol. The van der Waals surface area contributed by atoms with Gasteiger partial charge >= 0.3 is 5.97 Å². The van der Waals surface area contributed by atoms with Crippen molar-refractivity contribution in [3.8, 4) is 0 Å². The van der Waals surface area contributed by atoms with Gasteiger partial charge in [0.15, 0.2) is 0 Å². The molecule has 0 spiro atoms. The molecule has 1 N–H and O–H groups in total. The smallest absolute Gasteiger partial charge is 0.306 e. The van der Waals surface area contributed by atoms with Crippen molar-refractivity contribution in [2.24, 2.45) is 0 Å². The second-order valence-corrected chi connectivity index (χ2v) is 5.18. The second kappa shape index (κ2) is 7.04. The molecule has 3 heteroatoms. The number of carboxylic acid groups (broad SMARTS) is 1. The third-order valence-corrected chi connectivity index (χ3v) is 3.60. The molecule has 21 heavy (non-hydrogen) atoms. The molecule has 0 fully saturated rings. The Labute approximate surface area is 125 Å². The van der Waals surface area contributed by atoms with E-state index < -0.39 is 12.1 Å². The van der Waals surface area contributed by atoms with Gasteiger partial charge in [-0.1, -0.05) is 48.5 Å². The van der Waals surface area contributed by atoms with E-state index in [1.54, 1.807) is 0 Å². The van der Waals surface area contributed by atoms with Gasteiger partial charge in [-0.15, -0.1) is 0 Å². The first-order valence-electron chi connectivity index (χ1n) is 7.01. The number of hydrogen-bond acceptors (Lipinski definition) is 2. The van der Waals surface area contributed by atoms with Crippen LogP contribution < -0.4 is 0 Å². The molecule has 0 saturated carbocycles. The maximum atomic E-state index is 11.0. The number of aryl methyl sites for hydroxylation is 2. The van der Waals surface area contributed by atoms with Crippen LogP contribution in [-0.4, -0.2) is 11.1 Å². The number of hydrogen-bond donors (Lipinski definition) is 1. The molecule has 0 aliphatic carbocycles. The lowest BCUT2D eigenvalue weighted by Gasteiger charge is -2.18. The predicted molar refractivity (Wildman–Crippen MR) is 82.1 cm³/mol. The Morgan fingerprint density at radius 1 is 1.05 bits per heavy atom. The largest absolute Gasteiger partial charge is 0.481 e. The van der Waals surface area contributed by atoms with E-state index in [9.17, 15) is 4.79 Å². The molecule has 2 aromatic rings. The summed E-state index contributed by atoms with van der Waals surface area (Å²) in [6, 6.07) is 15.6. The van der Waals surface area contributed by atoms with Gasteiger partial charge in [0.2, 0.25) is 0 Å². The van der Waals surface area contributed by atoms with Crippen LogP contribution in [-0.2, 0) is 16.1 Å². The number of carbonyl (C=O) groups is 1. The molecule has 0 aliphatic rings. The average Bonchev–Trinajstić information content (AvgIpc) is 2.46. The Morgan fingerprint density at radius 2 is 1.67 bits per heavy atom. The highest BCUT2D eigenvalue weighted by molar-refractivity contribution is 5.67. The van der Waals surface area contributed by atoms with Crippen LogP contribution in [0.4, 0.5) is 0 Å². The summed E-state index contributed by atoms with van der Waals surface area (Å²) in [5, 5.41) is 9.07. The van der Waals surface area contributed by atoms with Crippen LogP contribution in [0.5, 0.6) is 0 Å². The van der Waals surface area contributed by atoms with Crippen molar-refractivity contribution < 1.29 is 14.6 Å². The monoisotopic (exact) mass is 284 g/mol. The summed E-state index contributed by atoms with van der Waals surface area (Å²) in [6.45, 7) is 4.51. The fourth-order valence-electron chi connectivity index (χ4n) is 2.36. The summed E-state index contributed by atoms with van der Waals surface area (Å²) in [4.78, 5) is 11.0. The van der Waals surface area contributed by atoms with Crippen molar-refractivity contribution in [1.29, 1.82) is 0 Å². The lowest BCUT2D eigenvalue weighted by molar-refractivity contribution is -0.140. The first-order chi connectivity index (χ1) is 10.1. The van der Waals surface area contributed by atoms with Gasteiger partial charge < -0.3 is 9.84 Å². The highest BCUT2D eigenvalue weighted by Crippen LogP contribution is 2.24. The number of aliphatic carboxylic acids is 1. The topological polar surface area (TPSA) is 46.5 Å². The van der Waals surface area contributed by atoms with Crippen LogP contribution in [0.3, 0.4) is 0 Å². The van der Waals surface area contributed by atoms with Gasteiger partial charge in [0.1, 0.15) is 0 Å². The van der Waals surface area contributed by atoms with E-state index in [1.807, 2.05) is 62.4 Å². The quantitative estimate of drug-likeness (QED) is 0.871. The van der Waals surface area contributed by atoms with Crippen molar-refractivity contribution in [3.05, 3.63) is 70.8 Å². The third-order valence-electron chi connectivity index (χ3n) is 3.60. The van der Waals surface area contributed by atoms with Crippen molar-refractivity contribution in [2.45, 2.75) is 33.0 Å². The molecule has 0 bridgehead atoms. The number of rotatable bonds is 6. The van der Waals surface area contributed by atoms with Gasteiger partial charge in [0.25, 0.3) is 0 Å². The Hall–Kier alpha value is -2.13. The maximum absolute atomic E-state index is 11.0. The van der Waals surface area contributed by atoms with Crippen LogP contribution in [0.1, 0.15) is 34.8 Å². The minimum Gasteiger partial charge on any atom is -0.481 e. The van der Waals surface area contributed by atoms with Gasteiger partial charge in [-0.25, -0.2) is 0 Å². The van der Waals surface area contributed by atoms with Crippen LogP contribution >= 0.6 is 0 Å². The molecule has 110 valence electrons. The first-order valence-corrected chi connectivity index (χ1v) is 7.01. The minimum atomic E-state index is -0.856. The molecule has 1 atom stereocenters. The van der Waals surface area contributed by atoms with E-state index in [0.29, 0.717) is 6.61 Å². The minimum absolute atomic E-state index is 0.0328. The molecule has 3 nitrogen and oxygen atoms in total. The van der Waals surface area contributed by atoms with E-state index >= 15 is 0 Å². The normalized spacial score (nSPS) is 12.1. The molecular formula is C18H20O3. The van der Waals surface area contributed by atoms with Crippen LogP contribution in [0.25, 0.3) is 0 Å². The Kier molecular flexibility index (Phi) is 5.12. The Morgan fingerprint density at radius 3 is 2.24 bits per heavy atom. The zero-order valence-corrected chi connectivity index (χ0v) is 12.4. The number of carboxylic acids is 1. The fraction of sp³-hybridized carbons (Fsp3) is 0.278. The van der Waals surface area contributed by atoms with Crippen LogP contribution in [0.2, 0.25) is 0 Å². The molecule has 2 rings (SSSR count). The summed E-state index contributed by atoms with van der Waals surface area (Å²) in [6.07, 6.45) is -0.461. The van der Waals surface area contributed by atoms with Gasteiger partial charge in [-0.3, -0.25) is 4.79 Å². The van der Waals surface area contributed by atoms with E-state index in [2.05, 4.69) is 0 Å². The Bertz CT molecular complexity index is 585. The molecule has 0 amide bonds. The second-order valence-electron chi connectivity index (χ2n) is 5.18. The first kappa shape index (κ1) is 15.3. The van der Waals surface area contributed by atoms with E-state index in [0.717, 1.165) is 22.3 Å². The molecular weight excluding hydrogens is 264 g/mol. The summed E-state index contributed by atoms with van der Waals surface area (Å²) < 4.78 is 5.91. The molecule has 0 aliphatic heterocycles. The van der Waals surface area contributed by atoms with Crippen molar-refractivity contribution in [2.75, 3.05) is 0 Å². The predicted octanol–water partition coefficient (Wildman–Crippen LogP) is 4.04. The lowest BCUT2D eigenvalue weighted by Crippen LogP contribution is -2.11. The molecule has 2 aromatic carbocycles. The van der Waals surface area contributed by atoms with Gasteiger partial charge in [0.05, 0.1) is 19.1 Å². The van der Waals surface area contributed by atoms with Crippen molar-refractivity contribution in [3.63, 3.8) is 0 Å². The summed E-state index contributed by atoms with van der Waals surface area (Å²) >= 11 is 0. The number of benzene rings is 2. The van der Waals surface area contributed by atoms with Crippen molar-refractivity contribution >= 4 is 5.97 Å². The number of ether oxygens (including phenoxy) is 1.